The summed E-state index contributed by atoms with van der Waals surface area (Å²) in [5, 5.41) is 0. The monoisotopic (exact) mass is 403 g/mol. The number of imidazole rings is 1. The first kappa shape index (κ1) is 18.9. The lowest BCUT2D eigenvalue weighted by Gasteiger charge is -2.15. The molecule has 0 aliphatic carbocycles. The zero-order chi connectivity index (χ0) is 20.8. The lowest BCUT2D eigenvalue weighted by atomic mass is 10.1. The molecule has 1 fully saturated rings. The lowest BCUT2D eigenvalue weighted by Crippen LogP contribution is -2.25. The summed E-state index contributed by atoms with van der Waals surface area (Å²) in [5.41, 5.74) is 2.65. The summed E-state index contributed by atoms with van der Waals surface area (Å²) in [4.78, 5) is 27.1. The molecule has 150 valence electrons. The van der Waals surface area contributed by atoms with Crippen LogP contribution >= 0.6 is 0 Å². The number of aromatic nitrogens is 4. The van der Waals surface area contributed by atoms with E-state index in [1.54, 1.807) is 22.8 Å². The predicted molar refractivity (Wildman–Crippen MR) is 97.6 cm³/mol. The van der Waals surface area contributed by atoms with Crippen LogP contribution < -0.4 is 4.74 Å². The molecule has 0 unspecified atom stereocenters. The van der Waals surface area contributed by atoms with Crippen LogP contribution in [0.15, 0.2) is 42.7 Å². The highest BCUT2D eigenvalue weighted by Gasteiger charge is 2.31. The van der Waals surface area contributed by atoms with Crippen molar-refractivity contribution in [2.24, 2.45) is 7.05 Å². The fourth-order valence-corrected chi connectivity index (χ4v) is 3.16. The number of rotatable bonds is 4. The van der Waals surface area contributed by atoms with Gasteiger partial charge in [-0.25, -0.2) is 15.0 Å². The first-order chi connectivity index (χ1) is 13.7. The minimum Gasteiger partial charge on any atom is -0.406 e. The molecule has 0 radical (unpaired) electrons. The molecule has 7 nitrogen and oxygen atoms in total. The van der Waals surface area contributed by atoms with E-state index in [2.05, 4.69) is 26.3 Å². The molecule has 0 bridgehead atoms. The molecule has 3 heterocycles. The Morgan fingerprint density at radius 1 is 1.21 bits per heavy atom. The first-order valence-corrected chi connectivity index (χ1v) is 8.72. The Kier molecular flexibility index (Phi) is 4.48. The quantitative estimate of drug-likeness (QED) is 0.626. The summed E-state index contributed by atoms with van der Waals surface area (Å²) in [6.45, 7) is 4.50. The van der Waals surface area contributed by atoms with Crippen LogP contribution in [-0.2, 0) is 18.4 Å². The molecule has 1 aromatic carbocycles. The fraction of sp³-hybridized carbons (Fsp3) is 0.263. The number of benzene rings is 1. The van der Waals surface area contributed by atoms with Crippen molar-refractivity contribution in [2.75, 3.05) is 6.54 Å². The predicted octanol–water partition coefficient (Wildman–Crippen LogP) is 3.22. The zero-order valence-electron chi connectivity index (χ0n) is 15.4. The number of aryl methyl sites for hydroxylation is 1. The Hall–Kier alpha value is -3.43. The Labute approximate surface area is 163 Å². The van der Waals surface area contributed by atoms with E-state index in [1.807, 2.05) is 0 Å². The van der Waals surface area contributed by atoms with Gasteiger partial charge in [-0.1, -0.05) is 6.58 Å². The summed E-state index contributed by atoms with van der Waals surface area (Å²) in [5.74, 6) is -0.0438. The number of nitrogens with zero attached hydrogens (tertiary/aromatic N) is 5. The van der Waals surface area contributed by atoms with Gasteiger partial charge < -0.3 is 14.2 Å². The van der Waals surface area contributed by atoms with Gasteiger partial charge >= 0.3 is 6.36 Å². The third-order valence-corrected chi connectivity index (χ3v) is 4.57. The molecule has 1 aliphatic heterocycles. The maximum absolute atomic E-state index is 12.4. The number of amides is 1. The number of alkyl halides is 3. The molecule has 0 spiro atoms. The zero-order valence-corrected chi connectivity index (χ0v) is 15.4. The second kappa shape index (κ2) is 6.87. The summed E-state index contributed by atoms with van der Waals surface area (Å²) < 4.78 is 42.8. The van der Waals surface area contributed by atoms with Crippen LogP contribution in [-0.4, -0.2) is 43.2 Å². The van der Waals surface area contributed by atoms with Crippen molar-refractivity contribution in [3.63, 3.8) is 0 Å². The summed E-state index contributed by atoms with van der Waals surface area (Å²) >= 11 is 0. The van der Waals surface area contributed by atoms with Crippen LogP contribution in [0.1, 0.15) is 12.2 Å². The van der Waals surface area contributed by atoms with Crippen LogP contribution in [0.2, 0.25) is 0 Å². The summed E-state index contributed by atoms with van der Waals surface area (Å²) in [6, 6.07) is 5.38. The largest absolute Gasteiger partial charge is 0.573 e. The summed E-state index contributed by atoms with van der Waals surface area (Å²) in [7, 11) is 1.78. The Bertz CT molecular complexity index is 1110. The normalized spacial score (nSPS) is 14.8. The van der Waals surface area contributed by atoms with E-state index in [4.69, 9.17) is 0 Å². The average Bonchev–Trinajstić information content (AvgIpc) is 3.18. The number of carbonyl (C=O) groups is 1. The van der Waals surface area contributed by atoms with Gasteiger partial charge in [0.15, 0.2) is 11.5 Å². The second-order valence-corrected chi connectivity index (χ2v) is 6.67. The first-order valence-electron chi connectivity index (χ1n) is 8.72. The molecular weight excluding hydrogens is 387 g/mol. The van der Waals surface area contributed by atoms with Gasteiger partial charge in [0.2, 0.25) is 5.91 Å². The second-order valence-electron chi connectivity index (χ2n) is 6.67. The van der Waals surface area contributed by atoms with Gasteiger partial charge in [-0.05, 0) is 30.7 Å². The third-order valence-electron chi connectivity index (χ3n) is 4.57. The highest BCUT2D eigenvalue weighted by Crippen LogP contribution is 2.29. The number of ether oxygens (including phenoxy) is 1. The number of hydrogen-bond acceptors (Lipinski definition) is 5. The van der Waals surface area contributed by atoms with Crippen molar-refractivity contribution < 1.29 is 22.7 Å². The minimum absolute atomic E-state index is 0.131. The van der Waals surface area contributed by atoms with E-state index in [-0.39, 0.29) is 18.2 Å². The number of hydrogen-bond donors (Lipinski definition) is 0. The molecule has 0 atom stereocenters. The number of carbonyl (C=O) groups excluding carboxylic acids is 1. The molecular formula is C19H16F3N5O2. The average molecular weight is 403 g/mol. The van der Waals surface area contributed by atoms with Gasteiger partial charge in [0.1, 0.15) is 17.0 Å². The molecule has 1 saturated heterocycles. The van der Waals surface area contributed by atoms with Gasteiger partial charge in [0.05, 0.1) is 12.9 Å². The Balaban J connectivity index is 1.71. The van der Waals surface area contributed by atoms with Crippen molar-refractivity contribution in [2.45, 2.75) is 19.3 Å². The van der Waals surface area contributed by atoms with Crippen LogP contribution in [0.25, 0.3) is 22.4 Å². The van der Waals surface area contributed by atoms with Gasteiger partial charge in [0, 0.05) is 24.7 Å². The molecule has 0 saturated carbocycles. The number of likely N-dealkylation sites (tertiary alicyclic amines) is 1. The third kappa shape index (κ3) is 3.78. The SMILES string of the molecule is C=C1CCN(Cc2nc(-c3ccc(OC(F)(F)F)cc3)c3ncn(C)c3n2)C1=O. The van der Waals surface area contributed by atoms with E-state index in [9.17, 15) is 18.0 Å². The van der Waals surface area contributed by atoms with Crippen molar-refractivity contribution in [3.8, 4) is 17.0 Å². The highest BCUT2D eigenvalue weighted by atomic mass is 19.4. The maximum Gasteiger partial charge on any atom is 0.573 e. The fourth-order valence-electron chi connectivity index (χ4n) is 3.16. The van der Waals surface area contributed by atoms with Gasteiger partial charge in [-0.2, -0.15) is 0 Å². The van der Waals surface area contributed by atoms with E-state index in [0.717, 1.165) is 0 Å². The summed E-state index contributed by atoms with van der Waals surface area (Å²) in [6.07, 6.45) is -2.58. The van der Waals surface area contributed by atoms with Gasteiger partial charge in [-0.15, -0.1) is 13.2 Å². The van der Waals surface area contributed by atoms with E-state index in [0.29, 0.717) is 46.8 Å². The van der Waals surface area contributed by atoms with Crippen molar-refractivity contribution in [1.82, 2.24) is 24.4 Å². The molecule has 1 aliphatic rings. The molecule has 0 N–H and O–H groups in total. The molecule has 10 heteroatoms. The maximum atomic E-state index is 12.4. The van der Waals surface area contributed by atoms with Crippen molar-refractivity contribution in [3.05, 3.63) is 48.6 Å². The van der Waals surface area contributed by atoms with Crippen LogP contribution in [0.3, 0.4) is 0 Å². The lowest BCUT2D eigenvalue weighted by molar-refractivity contribution is -0.274. The van der Waals surface area contributed by atoms with Gasteiger partial charge in [-0.3, -0.25) is 4.79 Å². The minimum atomic E-state index is -4.76. The van der Waals surface area contributed by atoms with Crippen molar-refractivity contribution >= 4 is 17.1 Å². The molecule has 2 aromatic heterocycles. The van der Waals surface area contributed by atoms with E-state index >= 15 is 0 Å². The van der Waals surface area contributed by atoms with Crippen LogP contribution in [0, 0.1) is 0 Å². The smallest absolute Gasteiger partial charge is 0.406 e. The Morgan fingerprint density at radius 3 is 2.55 bits per heavy atom. The van der Waals surface area contributed by atoms with Gasteiger partial charge in [0.25, 0.3) is 0 Å². The molecule has 3 aromatic rings. The van der Waals surface area contributed by atoms with Crippen molar-refractivity contribution in [1.29, 1.82) is 0 Å². The molecule has 4 rings (SSSR count). The molecule has 1 amide bonds. The number of halogens is 3. The highest BCUT2D eigenvalue weighted by molar-refractivity contribution is 5.95. The molecule has 29 heavy (non-hydrogen) atoms. The standard InChI is InChI=1S/C19H16F3N5O2/c1-11-7-8-27(18(11)28)9-14-24-15(16-17(25-14)26(2)10-23-16)12-3-5-13(6-4-12)29-19(20,21)22/h3-6,10H,1,7-9H2,2H3. The van der Waals surface area contributed by atoms with E-state index < -0.39 is 6.36 Å². The van der Waals surface area contributed by atoms with Crippen LogP contribution in [0.4, 0.5) is 13.2 Å². The topological polar surface area (TPSA) is 73.1 Å². The van der Waals surface area contributed by atoms with Crippen LogP contribution in [0.5, 0.6) is 5.75 Å². The Morgan fingerprint density at radius 2 is 1.93 bits per heavy atom. The van der Waals surface area contributed by atoms with E-state index in [1.165, 1.54) is 24.3 Å². The number of fused-ring (bicyclic) bond motifs is 1.